The Labute approximate surface area is 194 Å². The second-order valence-corrected chi connectivity index (χ2v) is 11.6. The Hall–Kier alpha value is -2.07. The van der Waals surface area contributed by atoms with E-state index < -0.39 is 13.2 Å². The SMILES string of the molecule is CC(C)CO[P@](=O)(c1ccc(N(C)C)cc1)[C@H](Nc1ccccc1)c1ccc(Br)cc1. The van der Waals surface area contributed by atoms with Crippen LogP contribution in [0.25, 0.3) is 0 Å². The van der Waals surface area contributed by atoms with Crippen LogP contribution in [0, 0.1) is 5.92 Å². The smallest absolute Gasteiger partial charge is 0.258 e. The van der Waals surface area contributed by atoms with Crippen molar-refractivity contribution in [3.8, 4) is 0 Å². The zero-order valence-electron chi connectivity index (χ0n) is 18.5. The monoisotopic (exact) mass is 500 g/mol. The van der Waals surface area contributed by atoms with E-state index >= 15 is 0 Å². The highest BCUT2D eigenvalue weighted by Gasteiger charge is 2.38. The molecule has 0 saturated heterocycles. The van der Waals surface area contributed by atoms with Crippen LogP contribution >= 0.6 is 23.3 Å². The highest BCUT2D eigenvalue weighted by Crippen LogP contribution is 2.59. The first kappa shape index (κ1) is 23.6. The van der Waals surface area contributed by atoms with Gasteiger partial charge in [-0.15, -0.1) is 0 Å². The molecular formula is C25H30BrN2O2P. The first-order valence-corrected chi connectivity index (χ1v) is 12.9. The summed E-state index contributed by atoms with van der Waals surface area (Å²) in [7, 11) is 0.650. The molecule has 0 fully saturated rings. The van der Waals surface area contributed by atoms with Gasteiger partial charge in [-0.25, -0.2) is 0 Å². The highest BCUT2D eigenvalue weighted by atomic mass is 79.9. The predicted molar refractivity (Wildman–Crippen MR) is 136 cm³/mol. The molecule has 1 N–H and O–H groups in total. The second kappa shape index (κ2) is 10.5. The van der Waals surface area contributed by atoms with E-state index in [-0.39, 0.29) is 5.92 Å². The van der Waals surface area contributed by atoms with Crippen molar-refractivity contribution in [3.63, 3.8) is 0 Å². The maximum absolute atomic E-state index is 14.7. The van der Waals surface area contributed by atoms with Crippen LogP contribution in [0.15, 0.2) is 83.3 Å². The molecule has 3 aromatic carbocycles. The topological polar surface area (TPSA) is 41.6 Å². The molecule has 0 radical (unpaired) electrons. The largest absolute Gasteiger partial charge is 0.378 e. The van der Waals surface area contributed by atoms with E-state index in [4.69, 9.17) is 4.52 Å². The number of anilines is 2. The van der Waals surface area contributed by atoms with Gasteiger partial charge in [-0.1, -0.05) is 60.1 Å². The second-order valence-electron chi connectivity index (χ2n) is 8.16. The summed E-state index contributed by atoms with van der Waals surface area (Å²) in [4.78, 5) is 2.03. The lowest BCUT2D eigenvalue weighted by Gasteiger charge is -2.31. The van der Waals surface area contributed by atoms with Crippen LogP contribution in [0.4, 0.5) is 11.4 Å². The van der Waals surface area contributed by atoms with Crippen molar-refractivity contribution in [3.05, 3.63) is 88.9 Å². The van der Waals surface area contributed by atoms with E-state index in [0.29, 0.717) is 11.9 Å². The van der Waals surface area contributed by atoms with Gasteiger partial charge in [-0.2, -0.15) is 0 Å². The fourth-order valence-corrected chi connectivity index (χ4v) is 6.05. The van der Waals surface area contributed by atoms with Gasteiger partial charge in [0.25, 0.3) is 7.37 Å². The minimum absolute atomic E-state index is 0.261. The maximum atomic E-state index is 14.7. The summed E-state index contributed by atoms with van der Waals surface area (Å²) < 4.78 is 21.9. The summed E-state index contributed by atoms with van der Waals surface area (Å²) in [6.45, 7) is 4.55. The van der Waals surface area contributed by atoms with E-state index in [1.807, 2.05) is 97.9 Å². The van der Waals surface area contributed by atoms with Crippen molar-refractivity contribution in [1.82, 2.24) is 0 Å². The molecule has 164 valence electrons. The summed E-state index contributed by atoms with van der Waals surface area (Å²) in [5.74, 6) is -0.261. The molecule has 0 aliphatic rings. The lowest BCUT2D eigenvalue weighted by molar-refractivity contribution is 0.272. The van der Waals surface area contributed by atoms with E-state index in [1.165, 1.54) is 0 Å². The Morgan fingerprint density at radius 2 is 1.55 bits per heavy atom. The fourth-order valence-electron chi connectivity index (χ4n) is 3.22. The van der Waals surface area contributed by atoms with Crippen LogP contribution in [-0.2, 0) is 9.09 Å². The van der Waals surface area contributed by atoms with Crippen LogP contribution in [0.5, 0.6) is 0 Å². The zero-order chi connectivity index (χ0) is 22.4. The molecule has 0 aliphatic carbocycles. The lowest BCUT2D eigenvalue weighted by atomic mass is 10.2. The summed E-state index contributed by atoms with van der Waals surface area (Å²) in [6.07, 6.45) is 0. The minimum Gasteiger partial charge on any atom is -0.378 e. The van der Waals surface area contributed by atoms with Crippen LogP contribution < -0.4 is 15.5 Å². The molecule has 3 aromatic rings. The minimum atomic E-state index is -3.33. The molecule has 0 heterocycles. The summed E-state index contributed by atoms with van der Waals surface area (Å²) in [5.41, 5.74) is 2.86. The molecule has 0 amide bonds. The fraction of sp³-hybridized carbons (Fsp3) is 0.280. The number of hydrogen-bond acceptors (Lipinski definition) is 4. The van der Waals surface area contributed by atoms with Crippen LogP contribution in [-0.4, -0.2) is 20.7 Å². The molecule has 31 heavy (non-hydrogen) atoms. The van der Waals surface area contributed by atoms with Gasteiger partial charge >= 0.3 is 0 Å². The van der Waals surface area contributed by atoms with Crippen LogP contribution in [0.2, 0.25) is 0 Å². The number of benzene rings is 3. The van der Waals surface area contributed by atoms with Crippen LogP contribution in [0.1, 0.15) is 25.2 Å². The average molecular weight is 501 g/mol. The van der Waals surface area contributed by atoms with E-state index in [1.54, 1.807) is 0 Å². The van der Waals surface area contributed by atoms with Crippen molar-refractivity contribution >= 4 is 40.0 Å². The van der Waals surface area contributed by atoms with E-state index in [9.17, 15) is 4.57 Å². The van der Waals surface area contributed by atoms with Gasteiger partial charge in [0.15, 0.2) is 0 Å². The number of nitrogens with one attached hydrogen (secondary N) is 1. The predicted octanol–water partition coefficient (Wildman–Crippen LogP) is 6.90. The Morgan fingerprint density at radius 1 is 0.935 bits per heavy atom. The molecule has 3 rings (SSSR count). The quantitative estimate of drug-likeness (QED) is 0.324. The molecule has 0 aromatic heterocycles. The summed E-state index contributed by atoms with van der Waals surface area (Å²) in [6, 6.07) is 25.6. The molecule has 0 saturated carbocycles. The van der Waals surface area contributed by atoms with E-state index in [0.717, 1.165) is 21.4 Å². The molecule has 0 unspecified atom stereocenters. The number of para-hydroxylation sites is 1. The molecule has 0 aliphatic heterocycles. The molecular weight excluding hydrogens is 471 g/mol. The third kappa shape index (κ3) is 6.00. The van der Waals surface area contributed by atoms with Gasteiger partial charge in [0, 0.05) is 35.2 Å². The van der Waals surface area contributed by atoms with Gasteiger partial charge < -0.3 is 14.7 Å². The maximum Gasteiger partial charge on any atom is 0.258 e. The molecule has 0 bridgehead atoms. The normalized spacial score (nSPS) is 14.1. The Kier molecular flexibility index (Phi) is 7.99. The van der Waals surface area contributed by atoms with Gasteiger partial charge in [0.05, 0.1) is 6.61 Å². The first-order valence-electron chi connectivity index (χ1n) is 10.4. The Balaban J connectivity index is 2.11. The molecule has 2 atom stereocenters. The van der Waals surface area contributed by atoms with Crippen LogP contribution in [0.3, 0.4) is 0 Å². The zero-order valence-corrected chi connectivity index (χ0v) is 20.9. The average Bonchev–Trinajstić information content (AvgIpc) is 2.77. The number of halogens is 1. The number of nitrogens with zero attached hydrogens (tertiary/aromatic N) is 1. The third-order valence-corrected chi connectivity index (χ3v) is 8.11. The van der Waals surface area contributed by atoms with Crippen molar-refractivity contribution in [1.29, 1.82) is 0 Å². The van der Waals surface area contributed by atoms with Gasteiger partial charge in [-0.05, 0) is 60.0 Å². The van der Waals surface area contributed by atoms with Crippen molar-refractivity contribution < 1.29 is 9.09 Å². The van der Waals surface area contributed by atoms with Gasteiger partial charge in [0.2, 0.25) is 0 Å². The third-order valence-electron chi connectivity index (χ3n) is 4.93. The molecule has 4 nitrogen and oxygen atoms in total. The van der Waals surface area contributed by atoms with Crippen molar-refractivity contribution in [2.45, 2.75) is 19.6 Å². The summed E-state index contributed by atoms with van der Waals surface area (Å²) >= 11 is 3.50. The molecule has 0 spiro atoms. The highest BCUT2D eigenvalue weighted by molar-refractivity contribution is 9.10. The first-order chi connectivity index (χ1) is 14.8. The summed E-state index contributed by atoms with van der Waals surface area (Å²) in [5, 5.41) is 4.20. The van der Waals surface area contributed by atoms with Crippen molar-refractivity contribution in [2.75, 3.05) is 30.9 Å². The molecule has 6 heteroatoms. The number of hydrogen-bond donors (Lipinski definition) is 1. The lowest BCUT2D eigenvalue weighted by Crippen LogP contribution is -2.22. The van der Waals surface area contributed by atoms with E-state index in [2.05, 4.69) is 35.1 Å². The standard InChI is InChI=1S/C25H30BrN2O2P/c1-19(2)18-30-31(29,24-16-14-23(15-17-24)28(3)4)25(20-10-12-21(26)13-11-20)27-22-8-6-5-7-9-22/h5-17,19,25,27H,18H2,1-4H3/t25-,31+/m0/s1. The Morgan fingerprint density at radius 3 is 2.10 bits per heavy atom. The van der Waals surface area contributed by atoms with Gasteiger partial charge in [0.1, 0.15) is 5.78 Å². The van der Waals surface area contributed by atoms with Crippen molar-refractivity contribution in [2.24, 2.45) is 5.92 Å². The number of rotatable bonds is 9. The Bertz CT molecular complexity index is 1010. The van der Waals surface area contributed by atoms with Gasteiger partial charge in [-0.3, -0.25) is 4.57 Å².